The van der Waals surface area contributed by atoms with E-state index in [0.29, 0.717) is 22.2 Å². The monoisotopic (exact) mass is 531 g/mol. The van der Waals surface area contributed by atoms with E-state index in [0.717, 1.165) is 21.7 Å². The summed E-state index contributed by atoms with van der Waals surface area (Å²) >= 11 is 7.69. The summed E-state index contributed by atoms with van der Waals surface area (Å²) in [5.41, 5.74) is 3.08. The molecule has 5 rings (SSSR count). The van der Waals surface area contributed by atoms with Gasteiger partial charge in [0.2, 0.25) is 0 Å². The van der Waals surface area contributed by atoms with Crippen molar-refractivity contribution in [1.82, 2.24) is 0 Å². The second-order valence-electron chi connectivity index (χ2n) is 8.07. The highest BCUT2D eigenvalue weighted by Gasteiger charge is 2.30. The smallest absolute Gasteiger partial charge is 0.269 e. The van der Waals surface area contributed by atoms with Crippen LogP contribution in [-0.4, -0.2) is 9.85 Å². The van der Waals surface area contributed by atoms with Crippen molar-refractivity contribution in [3.63, 3.8) is 0 Å². The van der Waals surface area contributed by atoms with Crippen LogP contribution < -0.4 is 10.1 Å². The van der Waals surface area contributed by atoms with Crippen LogP contribution in [0.15, 0.2) is 108 Å². The highest BCUT2D eigenvalue weighted by molar-refractivity contribution is 8.00. The molecule has 4 aromatic rings. The van der Waals surface area contributed by atoms with Gasteiger partial charge in [-0.3, -0.25) is 20.2 Å². The van der Waals surface area contributed by atoms with Crippen molar-refractivity contribution in [1.29, 1.82) is 0 Å². The number of non-ortho nitro benzene ring substituents is 2. The van der Waals surface area contributed by atoms with E-state index in [4.69, 9.17) is 16.3 Å². The Morgan fingerprint density at radius 3 is 2.00 bits per heavy atom. The van der Waals surface area contributed by atoms with Gasteiger partial charge in [0.25, 0.3) is 11.4 Å². The molecule has 184 valence electrons. The normalized spacial score (nSPS) is 14.8. The van der Waals surface area contributed by atoms with Gasteiger partial charge in [-0.2, -0.15) is 0 Å². The van der Waals surface area contributed by atoms with Gasteiger partial charge in [-0.05, 0) is 42.0 Å². The highest BCUT2D eigenvalue weighted by Crippen LogP contribution is 2.49. The summed E-state index contributed by atoms with van der Waals surface area (Å²) in [6, 6.07) is 27.3. The lowest BCUT2D eigenvalue weighted by atomic mass is 10.0. The number of nitrogens with zero attached hydrogens (tertiary/aromatic N) is 2. The first kappa shape index (κ1) is 24.4. The average Bonchev–Trinajstić information content (AvgIpc) is 3.07. The summed E-state index contributed by atoms with van der Waals surface area (Å²) in [6.07, 6.45) is 0. The molecular formula is C27H18ClN3O5S. The molecule has 8 nitrogen and oxygen atoms in total. The van der Waals surface area contributed by atoms with Gasteiger partial charge in [0.05, 0.1) is 26.5 Å². The van der Waals surface area contributed by atoms with E-state index in [2.05, 4.69) is 5.32 Å². The number of benzene rings is 4. The number of anilines is 1. The predicted octanol–water partition coefficient (Wildman–Crippen LogP) is 7.86. The molecule has 0 aliphatic carbocycles. The zero-order chi connectivity index (χ0) is 25.9. The van der Waals surface area contributed by atoms with E-state index < -0.39 is 15.1 Å². The second kappa shape index (κ2) is 10.3. The molecule has 1 N–H and O–H groups in total. The van der Waals surface area contributed by atoms with Crippen LogP contribution in [-0.2, 0) is 0 Å². The molecule has 1 unspecified atom stereocenters. The van der Waals surface area contributed by atoms with E-state index in [1.165, 1.54) is 36.0 Å². The number of nitro benzene ring substituents is 2. The summed E-state index contributed by atoms with van der Waals surface area (Å²) in [7, 11) is 0. The number of ether oxygens (including phenoxy) is 1. The van der Waals surface area contributed by atoms with Crippen molar-refractivity contribution in [2.75, 3.05) is 5.32 Å². The van der Waals surface area contributed by atoms with E-state index >= 15 is 0 Å². The van der Waals surface area contributed by atoms with Crippen LogP contribution in [0.25, 0.3) is 5.70 Å². The molecule has 4 aromatic carbocycles. The molecule has 1 atom stereocenters. The van der Waals surface area contributed by atoms with Crippen molar-refractivity contribution in [3.8, 4) is 5.75 Å². The Balaban J connectivity index is 1.69. The number of fused-ring (bicyclic) bond motifs is 1. The molecule has 10 heteroatoms. The minimum atomic E-state index is -0.471. The third-order valence-corrected chi connectivity index (χ3v) is 7.27. The molecule has 0 saturated heterocycles. The van der Waals surface area contributed by atoms with E-state index in [1.807, 2.05) is 36.4 Å². The maximum Gasteiger partial charge on any atom is 0.269 e. The minimum Gasteiger partial charge on any atom is -0.458 e. The Bertz CT molecular complexity index is 1510. The van der Waals surface area contributed by atoms with Gasteiger partial charge in [0.1, 0.15) is 11.5 Å². The summed E-state index contributed by atoms with van der Waals surface area (Å²) in [6.45, 7) is 0. The van der Waals surface area contributed by atoms with Crippen LogP contribution in [0.5, 0.6) is 5.75 Å². The topological polar surface area (TPSA) is 108 Å². The summed E-state index contributed by atoms with van der Waals surface area (Å²) in [5.74, 6) is 0.943. The molecule has 0 saturated carbocycles. The number of rotatable bonds is 6. The van der Waals surface area contributed by atoms with Gasteiger partial charge in [-0.25, -0.2) is 0 Å². The number of halogens is 1. The molecule has 1 aliphatic heterocycles. The molecular weight excluding hydrogens is 514 g/mol. The largest absolute Gasteiger partial charge is 0.458 e. The zero-order valence-electron chi connectivity index (χ0n) is 19.0. The highest BCUT2D eigenvalue weighted by atomic mass is 35.5. The molecule has 1 aliphatic rings. The maximum atomic E-state index is 11.3. The Labute approximate surface area is 220 Å². The molecule has 0 spiro atoms. The Kier molecular flexibility index (Phi) is 6.80. The molecule has 37 heavy (non-hydrogen) atoms. The van der Waals surface area contributed by atoms with Gasteiger partial charge in [0, 0.05) is 39.7 Å². The van der Waals surface area contributed by atoms with Crippen LogP contribution in [0.3, 0.4) is 0 Å². The van der Waals surface area contributed by atoms with E-state index in [9.17, 15) is 20.2 Å². The molecule has 0 bridgehead atoms. The number of hydrogen-bond donors (Lipinski definition) is 1. The first-order valence-corrected chi connectivity index (χ1v) is 12.3. The lowest BCUT2D eigenvalue weighted by molar-refractivity contribution is -0.385. The maximum absolute atomic E-state index is 11.3. The number of nitrogens with one attached hydrogen (secondary N) is 1. The molecule has 0 fully saturated rings. The lowest BCUT2D eigenvalue weighted by Crippen LogP contribution is -2.11. The molecule has 0 radical (unpaired) electrons. The third kappa shape index (κ3) is 5.28. The molecule has 1 heterocycles. The van der Waals surface area contributed by atoms with Crippen LogP contribution in [0.4, 0.5) is 17.1 Å². The number of thioether (sulfide) groups is 1. The number of nitro groups is 2. The Morgan fingerprint density at radius 2 is 1.38 bits per heavy atom. The SMILES string of the molecule is O=[N+]([O-])c1ccc(OC2=C(c3ccc(Cl)cc3)Nc3ccccc3SC2c2ccc([N+](=O)[O-])cc2)cc1. The van der Waals surface area contributed by atoms with Gasteiger partial charge in [-0.15, -0.1) is 11.8 Å². The summed E-state index contributed by atoms with van der Waals surface area (Å²) in [5, 5.41) is 26.1. The molecule has 0 aromatic heterocycles. The van der Waals surface area contributed by atoms with Crippen LogP contribution in [0.2, 0.25) is 5.02 Å². The Morgan fingerprint density at radius 1 is 0.784 bits per heavy atom. The Hall–Kier alpha value is -4.34. The fourth-order valence-corrected chi connectivity index (χ4v) is 5.22. The van der Waals surface area contributed by atoms with Crippen molar-refractivity contribution in [2.24, 2.45) is 0 Å². The quantitative estimate of drug-likeness (QED) is 0.199. The standard InChI is InChI=1S/C27H18ClN3O5S/c28-19-9-5-17(6-10-19)25-26(36-22-15-13-21(14-16-22)31(34)35)27(18-7-11-20(12-8-18)30(32)33)37-24-4-2-1-3-23(24)29-25/h1-16,27,29H. The zero-order valence-corrected chi connectivity index (χ0v) is 20.6. The van der Waals surface area contributed by atoms with Crippen molar-refractivity contribution < 1.29 is 14.6 Å². The molecule has 0 amide bonds. The van der Waals surface area contributed by atoms with Crippen LogP contribution in [0, 0.1) is 20.2 Å². The van der Waals surface area contributed by atoms with Gasteiger partial charge in [-0.1, -0.05) is 48.0 Å². The number of para-hydroxylation sites is 1. The van der Waals surface area contributed by atoms with Gasteiger partial charge in [0.15, 0.2) is 0 Å². The summed E-state index contributed by atoms with van der Waals surface area (Å²) < 4.78 is 6.45. The second-order valence-corrected chi connectivity index (χ2v) is 9.65. The average molecular weight is 532 g/mol. The third-order valence-electron chi connectivity index (χ3n) is 5.69. The van der Waals surface area contributed by atoms with Crippen molar-refractivity contribution in [3.05, 3.63) is 139 Å². The van der Waals surface area contributed by atoms with E-state index in [-0.39, 0.29) is 11.4 Å². The minimum absolute atomic E-state index is 0.0133. The summed E-state index contributed by atoms with van der Waals surface area (Å²) in [4.78, 5) is 22.4. The van der Waals surface area contributed by atoms with Crippen LogP contribution >= 0.6 is 23.4 Å². The van der Waals surface area contributed by atoms with E-state index in [1.54, 1.807) is 36.4 Å². The fraction of sp³-hybridized carbons (Fsp3) is 0.0370. The lowest BCUT2D eigenvalue weighted by Gasteiger charge is -2.22. The fourth-order valence-electron chi connectivity index (χ4n) is 3.87. The van der Waals surface area contributed by atoms with Crippen LogP contribution in [0.1, 0.15) is 16.4 Å². The predicted molar refractivity (Wildman–Crippen MR) is 144 cm³/mol. The van der Waals surface area contributed by atoms with Gasteiger partial charge >= 0.3 is 0 Å². The first-order chi connectivity index (χ1) is 17.9. The number of hydrogen-bond acceptors (Lipinski definition) is 7. The first-order valence-electron chi connectivity index (χ1n) is 11.1. The van der Waals surface area contributed by atoms with Crippen molar-refractivity contribution >= 4 is 46.1 Å². The van der Waals surface area contributed by atoms with Gasteiger partial charge < -0.3 is 10.1 Å². The van der Waals surface area contributed by atoms with Crippen molar-refractivity contribution in [2.45, 2.75) is 10.1 Å².